The Balaban J connectivity index is 2.39. The van der Waals surface area contributed by atoms with Gasteiger partial charge in [-0.2, -0.15) is 5.26 Å². The minimum Gasteiger partial charge on any atom is -0.416 e. The van der Waals surface area contributed by atoms with E-state index < -0.39 is 8.32 Å². The van der Waals surface area contributed by atoms with Gasteiger partial charge in [0.25, 0.3) is 0 Å². The molecule has 1 fully saturated rings. The normalized spacial score (nSPS) is 26.8. The lowest BCUT2D eigenvalue weighted by atomic mass is 10.1. The predicted octanol–water partition coefficient (Wildman–Crippen LogP) is 2.94. The maximum absolute atomic E-state index is 8.73. The summed E-state index contributed by atoms with van der Waals surface area (Å²) in [6.07, 6.45) is 0.610. The maximum atomic E-state index is 8.73. The van der Waals surface area contributed by atoms with Gasteiger partial charge in [-0.1, -0.05) is 20.8 Å². The summed E-state index contributed by atoms with van der Waals surface area (Å²) in [5.41, 5.74) is 0. The van der Waals surface area contributed by atoms with Crippen molar-refractivity contribution in [2.24, 2.45) is 5.92 Å². The molecule has 0 amide bonds. The van der Waals surface area contributed by atoms with E-state index in [1.807, 2.05) is 0 Å². The minimum absolute atomic E-state index is 0.215. The minimum atomic E-state index is -1.64. The van der Waals surface area contributed by atoms with E-state index in [1.165, 1.54) is 0 Å². The van der Waals surface area contributed by atoms with Crippen molar-refractivity contribution in [1.82, 2.24) is 0 Å². The van der Waals surface area contributed by atoms with Crippen LogP contribution in [0.25, 0.3) is 0 Å². The van der Waals surface area contributed by atoms with Crippen LogP contribution in [0.2, 0.25) is 18.1 Å². The molecular weight excluding hydrogens is 218 g/mol. The molecule has 0 unspecified atom stereocenters. The van der Waals surface area contributed by atoms with Gasteiger partial charge >= 0.3 is 0 Å². The van der Waals surface area contributed by atoms with Gasteiger partial charge in [0.05, 0.1) is 12.7 Å². The summed E-state index contributed by atoms with van der Waals surface area (Å²) in [4.78, 5) is 0. The molecule has 0 aromatic carbocycles. The second kappa shape index (κ2) is 4.87. The summed E-state index contributed by atoms with van der Waals surface area (Å²) in [6, 6.07) is 2.15. The number of ether oxygens (including phenoxy) is 1. The zero-order valence-electron chi connectivity index (χ0n) is 11.0. The van der Waals surface area contributed by atoms with Crippen LogP contribution in [-0.4, -0.2) is 27.6 Å². The molecule has 1 saturated heterocycles. The average molecular weight is 241 g/mol. The Kier molecular flexibility index (Phi) is 4.16. The molecule has 0 radical (unpaired) electrons. The summed E-state index contributed by atoms with van der Waals surface area (Å²) in [5, 5.41) is 8.99. The fourth-order valence-electron chi connectivity index (χ4n) is 1.44. The highest BCUT2D eigenvalue weighted by Crippen LogP contribution is 2.37. The van der Waals surface area contributed by atoms with Gasteiger partial charge in [0.2, 0.25) is 0 Å². The molecule has 2 atom stereocenters. The van der Waals surface area contributed by atoms with Crippen LogP contribution >= 0.6 is 0 Å². The maximum Gasteiger partial charge on any atom is 0.191 e. The largest absolute Gasteiger partial charge is 0.416 e. The van der Waals surface area contributed by atoms with E-state index in [0.29, 0.717) is 12.5 Å². The summed E-state index contributed by atoms with van der Waals surface area (Å²) < 4.78 is 11.5. The van der Waals surface area contributed by atoms with Crippen molar-refractivity contribution in [2.75, 3.05) is 13.2 Å². The standard InChI is InChI=1S/C12H23NO2Si/c1-12(2,3)16(4,5)15-9-10-6-11(7-13)14-8-10/h10-11H,6,8-9H2,1-5H3/t10-,11-/m1/s1. The van der Waals surface area contributed by atoms with E-state index in [9.17, 15) is 0 Å². The first-order chi connectivity index (χ1) is 7.26. The number of nitrogens with zero attached hydrogens (tertiary/aromatic N) is 1. The molecule has 1 heterocycles. The van der Waals surface area contributed by atoms with Crippen molar-refractivity contribution in [2.45, 2.75) is 51.4 Å². The first-order valence-electron chi connectivity index (χ1n) is 5.91. The van der Waals surface area contributed by atoms with Crippen LogP contribution in [0, 0.1) is 17.2 Å². The van der Waals surface area contributed by atoms with Gasteiger partial charge in [0.1, 0.15) is 6.10 Å². The third kappa shape index (κ3) is 3.31. The third-order valence-corrected chi connectivity index (χ3v) is 8.21. The van der Waals surface area contributed by atoms with E-state index in [1.54, 1.807) is 0 Å². The van der Waals surface area contributed by atoms with Gasteiger partial charge in [0, 0.05) is 12.5 Å². The fourth-order valence-corrected chi connectivity index (χ4v) is 2.53. The lowest BCUT2D eigenvalue weighted by molar-refractivity contribution is 0.133. The lowest BCUT2D eigenvalue weighted by Gasteiger charge is -2.36. The van der Waals surface area contributed by atoms with Crippen LogP contribution in [0.1, 0.15) is 27.2 Å². The Morgan fingerprint density at radius 3 is 2.50 bits per heavy atom. The van der Waals surface area contributed by atoms with Gasteiger partial charge in [0.15, 0.2) is 8.32 Å². The van der Waals surface area contributed by atoms with Crippen molar-refractivity contribution >= 4 is 8.32 Å². The summed E-state index contributed by atoms with van der Waals surface area (Å²) >= 11 is 0. The van der Waals surface area contributed by atoms with Crippen molar-refractivity contribution < 1.29 is 9.16 Å². The summed E-state index contributed by atoms with van der Waals surface area (Å²) in [6.45, 7) is 12.6. The molecule has 1 aliphatic heterocycles. The molecule has 1 rings (SSSR count). The smallest absolute Gasteiger partial charge is 0.191 e. The van der Waals surface area contributed by atoms with E-state index in [0.717, 1.165) is 13.0 Å². The number of hydrogen-bond donors (Lipinski definition) is 0. The van der Waals surface area contributed by atoms with Crippen LogP contribution in [0.15, 0.2) is 0 Å². The molecular formula is C12H23NO2Si. The molecule has 92 valence electrons. The summed E-state index contributed by atoms with van der Waals surface area (Å²) in [7, 11) is -1.64. The van der Waals surface area contributed by atoms with Crippen molar-refractivity contribution in [3.05, 3.63) is 0 Å². The molecule has 16 heavy (non-hydrogen) atoms. The van der Waals surface area contributed by atoms with Crippen LogP contribution < -0.4 is 0 Å². The Bertz CT molecular complexity index is 278. The second-order valence-corrected chi connectivity index (χ2v) is 10.9. The number of nitriles is 1. The Labute approximate surface area is 99.9 Å². The highest BCUT2D eigenvalue weighted by molar-refractivity contribution is 6.74. The fraction of sp³-hybridized carbons (Fsp3) is 0.917. The van der Waals surface area contributed by atoms with E-state index in [2.05, 4.69) is 39.9 Å². The highest BCUT2D eigenvalue weighted by atomic mass is 28.4. The Hall–Kier alpha value is -0.373. The van der Waals surface area contributed by atoms with E-state index in [-0.39, 0.29) is 11.1 Å². The van der Waals surface area contributed by atoms with Crippen LogP contribution in [-0.2, 0) is 9.16 Å². The monoisotopic (exact) mass is 241 g/mol. The van der Waals surface area contributed by atoms with E-state index in [4.69, 9.17) is 14.4 Å². The molecule has 0 N–H and O–H groups in total. The lowest BCUT2D eigenvalue weighted by Crippen LogP contribution is -2.42. The average Bonchev–Trinajstić information content (AvgIpc) is 2.60. The van der Waals surface area contributed by atoms with Crippen molar-refractivity contribution in [3.8, 4) is 6.07 Å². The molecule has 0 bridgehead atoms. The van der Waals surface area contributed by atoms with Crippen molar-refractivity contribution in [3.63, 3.8) is 0 Å². The molecule has 4 heteroatoms. The number of hydrogen-bond acceptors (Lipinski definition) is 3. The molecule has 0 aromatic heterocycles. The first-order valence-corrected chi connectivity index (χ1v) is 8.82. The van der Waals surface area contributed by atoms with E-state index >= 15 is 0 Å². The van der Waals surface area contributed by atoms with Crippen LogP contribution in [0.4, 0.5) is 0 Å². The molecule has 3 nitrogen and oxygen atoms in total. The zero-order valence-corrected chi connectivity index (χ0v) is 12.0. The SMILES string of the molecule is CC(C)(C)[Si](C)(C)OC[C@H]1CO[C@@H](C#N)C1. The van der Waals surface area contributed by atoms with Gasteiger partial charge in [-0.3, -0.25) is 0 Å². The Morgan fingerprint density at radius 2 is 2.06 bits per heavy atom. The molecule has 0 spiro atoms. The van der Waals surface area contributed by atoms with Crippen molar-refractivity contribution in [1.29, 1.82) is 5.26 Å². The topological polar surface area (TPSA) is 42.2 Å². The van der Waals surface area contributed by atoms with Gasteiger partial charge in [-0.05, 0) is 24.6 Å². The van der Waals surface area contributed by atoms with Crippen LogP contribution in [0.3, 0.4) is 0 Å². The Morgan fingerprint density at radius 1 is 1.44 bits per heavy atom. The third-order valence-electron chi connectivity index (χ3n) is 3.71. The summed E-state index contributed by atoms with van der Waals surface area (Å²) in [5.74, 6) is 0.402. The molecule has 0 saturated carbocycles. The number of rotatable bonds is 3. The predicted molar refractivity (Wildman–Crippen MR) is 66.6 cm³/mol. The van der Waals surface area contributed by atoms with Gasteiger partial charge < -0.3 is 9.16 Å². The molecule has 0 aliphatic carbocycles. The molecule has 1 aliphatic rings. The van der Waals surface area contributed by atoms with Gasteiger partial charge in [-0.25, -0.2) is 0 Å². The van der Waals surface area contributed by atoms with Crippen LogP contribution in [0.5, 0.6) is 0 Å². The highest BCUT2D eigenvalue weighted by Gasteiger charge is 2.38. The molecule has 0 aromatic rings. The van der Waals surface area contributed by atoms with Gasteiger partial charge in [-0.15, -0.1) is 0 Å². The zero-order chi connectivity index (χ0) is 12.4. The first kappa shape index (κ1) is 13.7. The quantitative estimate of drug-likeness (QED) is 0.713. The second-order valence-electron chi connectivity index (χ2n) is 6.12.